The molecule has 0 atom stereocenters. The molecule has 2 aromatic heterocycles. The van der Waals surface area contributed by atoms with E-state index in [1.807, 2.05) is 21.7 Å². The molecule has 1 aliphatic heterocycles. The van der Waals surface area contributed by atoms with E-state index in [1.165, 1.54) is 0 Å². The van der Waals surface area contributed by atoms with Crippen LogP contribution in [0.2, 0.25) is 0 Å². The van der Waals surface area contributed by atoms with Gasteiger partial charge in [0.2, 0.25) is 5.91 Å². The smallest absolute Gasteiger partial charge is 0.248 e. The maximum absolute atomic E-state index is 11.8. The lowest BCUT2D eigenvalue weighted by atomic mass is 10.2. The summed E-state index contributed by atoms with van der Waals surface area (Å²) < 4.78 is 6.88. The summed E-state index contributed by atoms with van der Waals surface area (Å²) in [6.45, 7) is 3.32. The molecule has 0 N–H and O–H groups in total. The van der Waals surface area contributed by atoms with Gasteiger partial charge in [0.25, 0.3) is 0 Å². The summed E-state index contributed by atoms with van der Waals surface area (Å²) >= 11 is 0. The molecule has 0 spiro atoms. The Morgan fingerprint density at radius 3 is 2.85 bits per heavy atom. The van der Waals surface area contributed by atoms with E-state index in [2.05, 4.69) is 22.0 Å². The quantitative estimate of drug-likeness (QED) is 0.824. The lowest BCUT2D eigenvalue weighted by molar-refractivity contribution is -0.135. The number of amides is 1. The van der Waals surface area contributed by atoms with E-state index < -0.39 is 0 Å². The van der Waals surface area contributed by atoms with Crippen LogP contribution in [0, 0.1) is 0 Å². The van der Waals surface area contributed by atoms with Crippen molar-refractivity contribution in [2.24, 2.45) is 0 Å². The summed E-state index contributed by atoms with van der Waals surface area (Å²) in [7, 11) is 1.55. The second kappa shape index (κ2) is 5.50. The van der Waals surface area contributed by atoms with Gasteiger partial charge < -0.3 is 18.9 Å². The molecular formula is C14H18N4O2. The van der Waals surface area contributed by atoms with E-state index in [1.54, 1.807) is 13.3 Å². The SMILES string of the molecule is COCC(=O)N1CCN(c2ccn3ccnc3c2)CC1. The Bertz CT molecular complexity index is 602. The number of carbonyl (C=O) groups excluding carboxylic acids is 1. The fourth-order valence-corrected chi connectivity index (χ4v) is 2.52. The van der Waals surface area contributed by atoms with Gasteiger partial charge in [-0.1, -0.05) is 0 Å². The van der Waals surface area contributed by atoms with E-state index in [4.69, 9.17) is 4.74 Å². The highest BCUT2D eigenvalue weighted by Gasteiger charge is 2.21. The molecule has 1 aliphatic rings. The number of anilines is 1. The van der Waals surface area contributed by atoms with Gasteiger partial charge in [0.15, 0.2) is 0 Å². The molecule has 6 nitrogen and oxygen atoms in total. The third-order valence-corrected chi connectivity index (χ3v) is 3.65. The van der Waals surface area contributed by atoms with Crippen molar-refractivity contribution >= 4 is 17.2 Å². The highest BCUT2D eigenvalue weighted by atomic mass is 16.5. The van der Waals surface area contributed by atoms with Crippen molar-refractivity contribution in [3.63, 3.8) is 0 Å². The van der Waals surface area contributed by atoms with Gasteiger partial charge in [-0.2, -0.15) is 0 Å². The molecule has 1 amide bonds. The maximum Gasteiger partial charge on any atom is 0.248 e. The first-order valence-electron chi connectivity index (χ1n) is 6.72. The summed E-state index contributed by atoms with van der Waals surface area (Å²) in [5.41, 5.74) is 2.10. The topological polar surface area (TPSA) is 50.1 Å². The summed E-state index contributed by atoms with van der Waals surface area (Å²) in [4.78, 5) is 20.2. The molecule has 0 aliphatic carbocycles. The number of hydrogen-bond donors (Lipinski definition) is 0. The first kappa shape index (κ1) is 12.9. The number of ether oxygens (including phenoxy) is 1. The third kappa shape index (κ3) is 2.46. The average molecular weight is 274 g/mol. The molecule has 6 heteroatoms. The predicted octanol–water partition coefficient (Wildman–Crippen LogP) is 0.629. The molecular weight excluding hydrogens is 256 g/mol. The van der Waals surface area contributed by atoms with E-state index in [9.17, 15) is 4.79 Å². The van der Waals surface area contributed by atoms with Crippen molar-refractivity contribution in [1.82, 2.24) is 14.3 Å². The third-order valence-electron chi connectivity index (χ3n) is 3.65. The van der Waals surface area contributed by atoms with Crippen LogP contribution in [0.25, 0.3) is 5.65 Å². The molecule has 1 fully saturated rings. The van der Waals surface area contributed by atoms with Crippen molar-refractivity contribution in [1.29, 1.82) is 0 Å². The Labute approximate surface area is 117 Å². The van der Waals surface area contributed by atoms with Crippen LogP contribution in [0.3, 0.4) is 0 Å². The van der Waals surface area contributed by atoms with Crippen LogP contribution in [0.4, 0.5) is 5.69 Å². The number of rotatable bonds is 3. The Morgan fingerprint density at radius 2 is 2.10 bits per heavy atom. The minimum Gasteiger partial charge on any atom is -0.375 e. The number of imidazole rings is 1. The van der Waals surface area contributed by atoms with E-state index in [0.717, 1.165) is 37.5 Å². The number of hydrogen-bond acceptors (Lipinski definition) is 4. The monoisotopic (exact) mass is 274 g/mol. The van der Waals surface area contributed by atoms with Crippen LogP contribution in [0.1, 0.15) is 0 Å². The Hall–Kier alpha value is -2.08. The summed E-state index contributed by atoms with van der Waals surface area (Å²) in [6.07, 6.45) is 5.74. The highest BCUT2D eigenvalue weighted by molar-refractivity contribution is 5.77. The van der Waals surface area contributed by atoms with Crippen LogP contribution in [-0.2, 0) is 9.53 Å². The van der Waals surface area contributed by atoms with Crippen LogP contribution in [-0.4, -0.2) is 60.1 Å². The van der Waals surface area contributed by atoms with Gasteiger partial charge in [0.05, 0.1) is 0 Å². The van der Waals surface area contributed by atoms with Gasteiger partial charge in [-0.15, -0.1) is 0 Å². The highest BCUT2D eigenvalue weighted by Crippen LogP contribution is 2.18. The zero-order valence-electron chi connectivity index (χ0n) is 11.5. The molecule has 3 rings (SSSR count). The molecule has 2 aromatic rings. The lowest BCUT2D eigenvalue weighted by Gasteiger charge is -2.36. The van der Waals surface area contributed by atoms with E-state index in [0.29, 0.717) is 0 Å². The molecule has 0 radical (unpaired) electrons. The second-order valence-corrected chi connectivity index (χ2v) is 4.88. The number of aromatic nitrogens is 2. The molecule has 1 saturated heterocycles. The predicted molar refractivity (Wildman–Crippen MR) is 75.9 cm³/mol. The minimum atomic E-state index is 0.0656. The van der Waals surface area contributed by atoms with Gasteiger partial charge >= 0.3 is 0 Å². The average Bonchev–Trinajstić information content (AvgIpc) is 2.95. The van der Waals surface area contributed by atoms with Gasteiger partial charge in [0.1, 0.15) is 12.3 Å². The van der Waals surface area contributed by atoms with Crippen LogP contribution < -0.4 is 4.90 Å². The Morgan fingerprint density at radius 1 is 1.30 bits per heavy atom. The standard InChI is InChI=1S/C14H18N4O2/c1-20-11-14(19)18-8-6-16(7-9-18)12-2-4-17-5-3-15-13(17)10-12/h2-5,10H,6-9,11H2,1H3. The van der Waals surface area contributed by atoms with Crippen molar-refractivity contribution in [3.8, 4) is 0 Å². The largest absolute Gasteiger partial charge is 0.375 e. The molecule has 20 heavy (non-hydrogen) atoms. The number of piperazine rings is 1. The number of carbonyl (C=O) groups is 1. The summed E-state index contributed by atoms with van der Waals surface area (Å²) in [5, 5.41) is 0. The van der Waals surface area contributed by atoms with Crippen molar-refractivity contribution < 1.29 is 9.53 Å². The van der Waals surface area contributed by atoms with Gasteiger partial charge in [-0.05, 0) is 6.07 Å². The molecule has 0 unspecified atom stereocenters. The molecule has 0 aromatic carbocycles. The molecule has 0 saturated carbocycles. The summed E-state index contributed by atoms with van der Waals surface area (Å²) in [6, 6.07) is 4.16. The van der Waals surface area contributed by atoms with Crippen LogP contribution >= 0.6 is 0 Å². The Kier molecular flexibility index (Phi) is 3.56. The van der Waals surface area contributed by atoms with Crippen molar-refractivity contribution in [3.05, 3.63) is 30.7 Å². The molecule has 3 heterocycles. The number of methoxy groups -OCH3 is 1. The van der Waals surface area contributed by atoms with Gasteiger partial charge in [-0.25, -0.2) is 4.98 Å². The normalized spacial score (nSPS) is 15.8. The number of fused-ring (bicyclic) bond motifs is 1. The number of pyridine rings is 1. The maximum atomic E-state index is 11.8. The van der Waals surface area contributed by atoms with Crippen molar-refractivity contribution in [2.75, 3.05) is 44.8 Å². The zero-order valence-corrected chi connectivity index (χ0v) is 11.5. The van der Waals surface area contributed by atoms with E-state index in [-0.39, 0.29) is 12.5 Å². The van der Waals surface area contributed by atoms with Crippen LogP contribution in [0.5, 0.6) is 0 Å². The Balaban J connectivity index is 1.66. The fraction of sp³-hybridized carbons (Fsp3) is 0.429. The zero-order chi connectivity index (χ0) is 13.9. The lowest BCUT2D eigenvalue weighted by Crippen LogP contribution is -2.49. The molecule has 106 valence electrons. The first-order chi connectivity index (χ1) is 9.78. The summed E-state index contributed by atoms with van der Waals surface area (Å²) in [5.74, 6) is 0.0656. The minimum absolute atomic E-state index is 0.0656. The van der Waals surface area contributed by atoms with Crippen molar-refractivity contribution in [2.45, 2.75) is 0 Å². The number of nitrogens with zero attached hydrogens (tertiary/aromatic N) is 4. The first-order valence-corrected chi connectivity index (χ1v) is 6.72. The van der Waals surface area contributed by atoms with Gasteiger partial charge in [0, 0.05) is 63.6 Å². The fourth-order valence-electron chi connectivity index (χ4n) is 2.52. The van der Waals surface area contributed by atoms with Gasteiger partial charge in [-0.3, -0.25) is 4.79 Å². The van der Waals surface area contributed by atoms with Crippen LogP contribution in [0.15, 0.2) is 30.7 Å². The van der Waals surface area contributed by atoms with E-state index >= 15 is 0 Å². The molecule has 0 bridgehead atoms. The second-order valence-electron chi connectivity index (χ2n) is 4.88.